The van der Waals surface area contributed by atoms with Crippen molar-refractivity contribution in [2.75, 3.05) is 17.3 Å². The Morgan fingerprint density at radius 2 is 1.88 bits per heavy atom. The molecule has 2 N–H and O–H groups in total. The minimum atomic E-state index is -4.00. The van der Waals surface area contributed by atoms with E-state index in [2.05, 4.69) is 15.3 Å². The number of anilines is 1. The van der Waals surface area contributed by atoms with Crippen LogP contribution in [0.3, 0.4) is 0 Å². The summed E-state index contributed by atoms with van der Waals surface area (Å²) in [5.74, 6) is 0.00695. The number of aromatic nitrogens is 2. The van der Waals surface area contributed by atoms with E-state index in [-0.39, 0.29) is 27.6 Å². The molecule has 0 unspecified atom stereocenters. The largest absolute Gasteiger partial charge is 0.325 e. The highest BCUT2D eigenvalue weighted by Crippen LogP contribution is 2.22. The molecule has 0 aliphatic rings. The number of nitrogens with one attached hydrogen (secondary N) is 2. The lowest BCUT2D eigenvalue weighted by Gasteiger charge is -2.08. The van der Waals surface area contributed by atoms with Gasteiger partial charge in [-0.25, -0.2) is 13.4 Å². The summed E-state index contributed by atoms with van der Waals surface area (Å²) in [7, 11) is -4.00. The molecule has 10 heteroatoms. The fourth-order valence-corrected chi connectivity index (χ4v) is 5.15. The van der Waals surface area contributed by atoms with Crippen LogP contribution in [0.2, 0.25) is 0 Å². The van der Waals surface area contributed by atoms with Crippen molar-refractivity contribution in [1.29, 1.82) is 0 Å². The summed E-state index contributed by atoms with van der Waals surface area (Å²) in [6.07, 6.45) is 2.98. The Hall–Kier alpha value is -2.56. The number of sulfone groups is 1. The maximum Gasteiger partial charge on any atom is 0.270 e. The van der Waals surface area contributed by atoms with Crippen molar-refractivity contribution in [3.05, 3.63) is 70.6 Å². The monoisotopic (exact) mass is 489 g/mol. The van der Waals surface area contributed by atoms with Crippen molar-refractivity contribution in [2.45, 2.75) is 39.6 Å². The van der Waals surface area contributed by atoms with Crippen LogP contribution in [0.15, 0.2) is 79.4 Å². The van der Waals surface area contributed by atoms with Crippen LogP contribution in [0, 0.1) is 0 Å². The third-order valence-electron chi connectivity index (χ3n) is 4.58. The molecule has 0 saturated carbocycles. The quantitative estimate of drug-likeness (QED) is 0.361. The number of thioether (sulfide) groups is 2. The number of carbonyl (C=O) groups excluding carboxylic acids is 1. The van der Waals surface area contributed by atoms with Gasteiger partial charge in [0.05, 0.1) is 16.8 Å². The van der Waals surface area contributed by atoms with E-state index in [0.717, 1.165) is 28.4 Å². The molecule has 0 aliphatic heterocycles. The van der Waals surface area contributed by atoms with Crippen LogP contribution in [0.4, 0.5) is 5.69 Å². The number of aromatic amines is 1. The maximum atomic E-state index is 12.8. The Morgan fingerprint density at radius 3 is 2.50 bits per heavy atom. The van der Waals surface area contributed by atoms with Crippen molar-refractivity contribution < 1.29 is 13.2 Å². The Bertz CT molecular complexity index is 1270. The Balaban J connectivity index is 1.69. The van der Waals surface area contributed by atoms with Gasteiger partial charge in [-0.15, -0.1) is 11.8 Å². The van der Waals surface area contributed by atoms with Crippen LogP contribution in [0.1, 0.15) is 25.3 Å². The molecule has 0 spiro atoms. The molecule has 2 aromatic carbocycles. The molecule has 3 rings (SSSR count). The fraction of sp³-hybridized carbons (Fsp3) is 0.227. The normalized spacial score (nSPS) is 11.5. The van der Waals surface area contributed by atoms with Gasteiger partial charge in [0, 0.05) is 10.6 Å². The van der Waals surface area contributed by atoms with Crippen LogP contribution in [-0.4, -0.2) is 36.3 Å². The van der Waals surface area contributed by atoms with Gasteiger partial charge in [0.2, 0.25) is 15.7 Å². The summed E-state index contributed by atoms with van der Waals surface area (Å²) >= 11 is 2.58. The van der Waals surface area contributed by atoms with Gasteiger partial charge in [0.15, 0.2) is 10.1 Å². The van der Waals surface area contributed by atoms with Gasteiger partial charge in [-0.05, 0) is 48.1 Å². The predicted molar refractivity (Wildman–Crippen MR) is 128 cm³/mol. The average Bonchev–Trinajstić information content (AvgIpc) is 2.77. The molecule has 32 heavy (non-hydrogen) atoms. The van der Waals surface area contributed by atoms with E-state index in [9.17, 15) is 18.0 Å². The highest BCUT2D eigenvalue weighted by atomic mass is 32.2. The standard InChI is InChI=1S/C22H23N3O4S3/c1-14(2)15-7-9-18(10-8-15)32(28,29)19-12-23-22(25-21(19)27)31-13-20(26)24-16-5-4-6-17(11-16)30-3/h4-12,14H,13H2,1-3H3,(H,24,26)(H,23,25,27). The number of rotatable bonds is 8. The molecule has 0 radical (unpaired) electrons. The molecule has 0 fully saturated rings. The first kappa shape index (κ1) is 24.1. The van der Waals surface area contributed by atoms with Gasteiger partial charge in [-0.2, -0.15) is 0 Å². The van der Waals surface area contributed by atoms with Crippen molar-refractivity contribution in [3.63, 3.8) is 0 Å². The number of benzene rings is 2. The minimum Gasteiger partial charge on any atom is -0.325 e. The van der Waals surface area contributed by atoms with Gasteiger partial charge >= 0.3 is 0 Å². The SMILES string of the molecule is CSc1cccc(NC(=O)CSc2ncc(S(=O)(=O)c3ccc(C(C)C)cc3)c(=O)[nH]2)c1. The zero-order valence-corrected chi connectivity index (χ0v) is 20.2. The first-order valence-corrected chi connectivity index (χ1v) is 13.4. The second-order valence-corrected chi connectivity index (χ2v) is 10.9. The molecule has 0 aliphatic carbocycles. The van der Waals surface area contributed by atoms with Gasteiger partial charge < -0.3 is 10.3 Å². The smallest absolute Gasteiger partial charge is 0.270 e. The van der Waals surface area contributed by atoms with E-state index < -0.39 is 20.3 Å². The highest BCUT2D eigenvalue weighted by Gasteiger charge is 2.22. The minimum absolute atomic E-state index is 0.00912. The highest BCUT2D eigenvalue weighted by molar-refractivity contribution is 7.99. The summed E-state index contributed by atoms with van der Waals surface area (Å²) in [6, 6.07) is 13.9. The van der Waals surface area contributed by atoms with Gasteiger partial charge in [-0.3, -0.25) is 9.59 Å². The lowest BCUT2D eigenvalue weighted by molar-refractivity contribution is -0.113. The molecule has 1 aromatic heterocycles. The van der Waals surface area contributed by atoms with E-state index in [1.54, 1.807) is 30.0 Å². The molecule has 7 nitrogen and oxygen atoms in total. The van der Waals surface area contributed by atoms with E-state index in [1.807, 2.05) is 38.3 Å². The van der Waals surface area contributed by atoms with Gasteiger partial charge in [-0.1, -0.05) is 43.8 Å². The zero-order valence-electron chi connectivity index (χ0n) is 17.8. The van der Waals surface area contributed by atoms with Crippen LogP contribution < -0.4 is 10.9 Å². The zero-order chi connectivity index (χ0) is 23.3. The first-order chi connectivity index (χ1) is 15.2. The molecule has 0 bridgehead atoms. The third kappa shape index (κ3) is 5.81. The molecule has 1 amide bonds. The van der Waals surface area contributed by atoms with E-state index in [1.165, 1.54) is 12.1 Å². The Kier molecular flexibility index (Phi) is 7.81. The van der Waals surface area contributed by atoms with Crippen LogP contribution in [0.5, 0.6) is 0 Å². The maximum absolute atomic E-state index is 12.8. The third-order valence-corrected chi connectivity index (χ3v) is 7.96. The van der Waals surface area contributed by atoms with E-state index in [4.69, 9.17) is 0 Å². The summed E-state index contributed by atoms with van der Waals surface area (Å²) in [4.78, 5) is 31.8. The van der Waals surface area contributed by atoms with Gasteiger partial charge in [0.25, 0.3) is 5.56 Å². The molecule has 1 heterocycles. The van der Waals surface area contributed by atoms with Crippen molar-refractivity contribution >= 4 is 45.0 Å². The van der Waals surface area contributed by atoms with Crippen LogP contribution in [0.25, 0.3) is 0 Å². The summed E-state index contributed by atoms with van der Waals surface area (Å²) in [5, 5.41) is 2.95. The molecule has 3 aromatic rings. The molecular formula is C22H23N3O4S3. The van der Waals surface area contributed by atoms with E-state index in [0.29, 0.717) is 5.69 Å². The molecule has 0 atom stereocenters. The van der Waals surface area contributed by atoms with Gasteiger partial charge in [0.1, 0.15) is 0 Å². The molecule has 168 valence electrons. The number of nitrogens with zero attached hydrogens (tertiary/aromatic N) is 1. The second-order valence-electron chi connectivity index (χ2n) is 7.18. The van der Waals surface area contributed by atoms with E-state index >= 15 is 0 Å². The number of carbonyl (C=O) groups is 1. The second kappa shape index (κ2) is 10.4. The topological polar surface area (TPSA) is 109 Å². The Morgan fingerprint density at radius 1 is 1.16 bits per heavy atom. The summed E-state index contributed by atoms with van der Waals surface area (Å²) < 4.78 is 25.7. The lowest BCUT2D eigenvalue weighted by Crippen LogP contribution is -2.20. The van der Waals surface area contributed by atoms with Crippen LogP contribution >= 0.6 is 23.5 Å². The number of H-pyrrole nitrogens is 1. The molecular weight excluding hydrogens is 466 g/mol. The van der Waals surface area contributed by atoms with Crippen molar-refractivity contribution in [1.82, 2.24) is 9.97 Å². The Labute approximate surface area is 195 Å². The number of hydrogen-bond acceptors (Lipinski definition) is 7. The van der Waals surface area contributed by atoms with Crippen LogP contribution in [-0.2, 0) is 14.6 Å². The number of hydrogen-bond donors (Lipinski definition) is 2. The number of amides is 1. The fourth-order valence-electron chi connectivity index (χ4n) is 2.82. The summed E-state index contributed by atoms with van der Waals surface area (Å²) in [6.45, 7) is 4.02. The lowest BCUT2D eigenvalue weighted by atomic mass is 10.0. The molecule has 0 saturated heterocycles. The summed E-state index contributed by atoms with van der Waals surface area (Å²) in [5.41, 5.74) is 0.901. The van der Waals surface area contributed by atoms with Crippen molar-refractivity contribution in [2.24, 2.45) is 0 Å². The van der Waals surface area contributed by atoms with Crippen molar-refractivity contribution in [3.8, 4) is 0 Å². The predicted octanol–water partition coefficient (Wildman–Crippen LogP) is 4.18. The first-order valence-electron chi connectivity index (χ1n) is 9.72. The average molecular weight is 490 g/mol.